The zero-order valence-electron chi connectivity index (χ0n) is 13.4. The minimum Gasteiger partial charge on any atom is -0.756 e. The molecule has 1 aromatic rings. The van der Waals surface area contributed by atoms with Crippen LogP contribution in [0.3, 0.4) is 0 Å². The van der Waals surface area contributed by atoms with E-state index < -0.39 is 14.2 Å². The monoisotopic (exact) mass is 353 g/mol. The Hall–Kier alpha value is -0.880. The highest BCUT2D eigenvalue weighted by atomic mass is 31.2. The lowest BCUT2D eigenvalue weighted by molar-refractivity contribution is -0.322. The molecule has 0 aliphatic rings. The normalized spacial score (nSPS) is 15.4. The van der Waals surface area contributed by atoms with Crippen molar-refractivity contribution in [1.82, 2.24) is 0 Å². The number of benzene rings is 1. The van der Waals surface area contributed by atoms with E-state index in [0.717, 1.165) is 12.0 Å². The summed E-state index contributed by atoms with van der Waals surface area (Å²) in [5, 5.41) is 0. The van der Waals surface area contributed by atoms with Crippen LogP contribution < -0.4 is 4.89 Å². The number of halogens is 3. The Morgan fingerprint density at radius 1 is 1.17 bits per heavy atom. The Morgan fingerprint density at radius 3 is 2.22 bits per heavy atom. The molecule has 0 aromatic heterocycles. The second-order valence-corrected chi connectivity index (χ2v) is 7.19. The van der Waals surface area contributed by atoms with Gasteiger partial charge in [0.25, 0.3) is 7.82 Å². The first-order chi connectivity index (χ1) is 10.5. The number of alkyl halides is 3. The Labute approximate surface area is 134 Å². The topological polar surface area (TPSA) is 58.6 Å². The van der Waals surface area contributed by atoms with E-state index in [0.29, 0.717) is 6.42 Å². The molecule has 0 amide bonds. The molecule has 1 atom stereocenters. The van der Waals surface area contributed by atoms with Gasteiger partial charge in [0, 0.05) is 0 Å². The van der Waals surface area contributed by atoms with Crippen LogP contribution in [-0.2, 0) is 25.4 Å². The Bertz CT molecular complexity index is 541. The number of hydrogen-bond acceptors (Lipinski definition) is 4. The minimum absolute atomic E-state index is 0.0752. The molecule has 1 unspecified atom stereocenters. The van der Waals surface area contributed by atoms with E-state index in [1.807, 2.05) is 24.3 Å². The van der Waals surface area contributed by atoms with Crippen LogP contribution >= 0.6 is 7.82 Å². The maximum Gasteiger partial charge on any atom is 0.528 e. The second kappa shape index (κ2) is 7.79. The standard InChI is InChI=1S/C15H22F3O4P/c1-4-14(2,3)13-9-7-12(8-10-13)6-5-11-21-23(19,20)22-15(16,17)18/h7-10H,4-6,11H2,1-3H3,(H,19,20)/p-1. The molecule has 0 spiro atoms. The van der Waals surface area contributed by atoms with Gasteiger partial charge >= 0.3 is 6.36 Å². The number of aryl methyl sites for hydroxylation is 1. The van der Waals surface area contributed by atoms with E-state index in [4.69, 9.17) is 0 Å². The van der Waals surface area contributed by atoms with Crippen LogP contribution in [0, 0.1) is 0 Å². The summed E-state index contributed by atoms with van der Waals surface area (Å²) >= 11 is 0. The molecule has 0 saturated carbocycles. The highest BCUT2D eigenvalue weighted by molar-refractivity contribution is 7.45. The van der Waals surface area contributed by atoms with E-state index in [2.05, 4.69) is 29.8 Å². The van der Waals surface area contributed by atoms with Crippen LogP contribution in [0.2, 0.25) is 0 Å². The van der Waals surface area contributed by atoms with Crippen LogP contribution in [0.1, 0.15) is 44.7 Å². The average molecular weight is 353 g/mol. The molecule has 8 heteroatoms. The van der Waals surface area contributed by atoms with Crippen LogP contribution in [0.5, 0.6) is 0 Å². The lowest BCUT2D eigenvalue weighted by Gasteiger charge is -2.24. The van der Waals surface area contributed by atoms with Gasteiger partial charge in [-0.1, -0.05) is 45.0 Å². The first kappa shape index (κ1) is 20.2. The predicted octanol–water partition coefficient (Wildman–Crippen LogP) is 4.33. The van der Waals surface area contributed by atoms with Gasteiger partial charge in [0.1, 0.15) is 0 Å². The molecular weight excluding hydrogens is 332 g/mol. The summed E-state index contributed by atoms with van der Waals surface area (Å²) in [5.74, 6) is 0. The van der Waals surface area contributed by atoms with Crippen LogP contribution in [0.4, 0.5) is 13.2 Å². The number of phosphoric ester groups is 1. The predicted molar refractivity (Wildman–Crippen MR) is 78.8 cm³/mol. The number of rotatable bonds is 8. The quantitative estimate of drug-likeness (QED) is 0.516. The van der Waals surface area contributed by atoms with E-state index in [9.17, 15) is 22.6 Å². The van der Waals surface area contributed by atoms with Gasteiger partial charge in [-0.3, -0.25) is 4.57 Å². The SMILES string of the molecule is CCC(C)(C)c1ccc(CCCOP(=O)([O-])OC(F)(F)F)cc1. The van der Waals surface area contributed by atoms with Gasteiger partial charge in [0.2, 0.25) is 0 Å². The number of hydrogen-bond donors (Lipinski definition) is 0. The molecule has 0 heterocycles. The van der Waals surface area contributed by atoms with E-state index in [1.165, 1.54) is 5.56 Å². The second-order valence-electron chi connectivity index (χ2n) is 5.86. The molecule has 0 saturated heterocycles. The van der Waals surface area contributed by atoms with Crippen LogP contribution in [-0.4, -0.2) is 13.0 Å². The van der Waals surface area contributed by atoms with Crippen LogP contribution in [0.25, 0.3) is 0 Å². The molecule has 4 nitrogen and oxygen atoms in total. The van der Waals surface area contributed by atoms with Crippen molar-refractivity contribution in [1.29, 1.82) is 0 Å². The fourth-order valence-corrected chi connectivity index (χ4v) is 2.59. The van der Waals surface area contributed by atoms with E-state index in [1.54, 1.807) is 0 Å². The zero-order valence-corrected chi connectivity index (χ0v) is 14.2. The van der Waals surface area contributed by atoms with E-state index in [-0.39, 0.29) is 18.4 Å². The largest absolute Gasteiger partial charge is 0.756 e. The van der Waals surface area contributed by atoms with Gasteiger partial charge in [0.05, 0.1) is 6.61 Å². The lowest BCUT2D eigenvalue weighted by Crippen LogP contribution is -2.19. The van der Waals surface area contributed by atoms with E-state index >= 15 is 0 Å². The molecule has 0 aliphatic carbocycles. The third-order valence-electron chi connectivity index (χ3n) is 3.69. The molecule has 132 valence electrons. The molecule has 0 bridgehead atoms. The summed E-state index contributed by atoms with van der Waals surface area (Å²) in [6.07, 6.45) is -3.50. The summed E-state index contributed by atoms with van der Waals surface area (Å²) in [5.41, 5.74) is 2.23. The van der Waals surface area contributed by atoms with Gasteiger partial charge in [-0.25, -0.2) is 4.52 Å². The Balaban J connectivity index is 2.44. The van der Waals surface area contributed by atoms with Gasteiger partial charge in [-0.15, -0.1) is 13.2 Å². The fraction of sp³-hybridized carbons (Fsp3) is 0.600. The van der Waals surface area contributed by atoms with Gasteiger partial charge in [-0.05, 0) is 35.8 Å². The van der Waals surface area contributed by atoms with Crippen molar-refractivity contribution in [2.45, 2.75) is 51.8 Å². The molecule has 0 aliphatic heterocycles. The smallest absolute Gasteiger partial charge is 0.528 e. The first-order valence-corrected chi connectivity index (χ1v) is 8.74. The Morgan fingerprint density at radius 2 is 1.74 bits per heavy atom. The van der Waals surface area contributed by atoms with Crippen molar-refractivity contribution in [3.8, 4) is 0 Å². The third-order valence-corrected chi connectivity index (χ3v) is 4.62. The summed E-state index contributed by atoms with van der Waals surface area (Å²) in [6, 6.07) is 7.86. The van der Waals surface area contributed by atoms with Gasteiger partial charge < -0.3 is 9.42 Å². The van der Waals surface area contributed by atoms with Crippen molar-refractivity contribution in [2.24, 2.45) is 0 Å². The van der Waals surface area contributed by atoms with Crippen molar-refractivity contribution >= 4 is 7.82 Å². The summed E-state index contributed by atoms with van der Waals surface area (Å²) in [6.45, 7) is 6.03. The van der Waals surface area contributed by atoms with Gasteiger partial charge in [-0.2, -0.15) is 0 Å². The van der Waals surface area contributed by atoms with Gasteiger partial charge in [0.15, 0.2) is 0 Å². The average Bonchev–Trinajstić information content (AvgIpc) is 2.41. The fourth-order valence-electron chi connectivity index (χ4n) is 1.93. The van der Waals surface area contributed by atoms with Crippen molar-refractivity contribution in [2.75, 3.05) is 6.61 Å². The summed E-state index contributed by atoms with van der Waals surface area (Å²) < 4.78 is 53.5. The van der Waals surface area contributed by atoms with Crippen LogP contribution in [0.15, 0.2) is 24.3 Å². The highest BCUT2D eigenvalue weighted by Crippen LogP contribution is 2.44. The maximum atomic E-state index is 11.8. The minimum atomic E-state index is -5.34. The maximum absolute atomic E-state index is 11.8. The lowest BCUT2D eigenvalue weighted by atomic mass is 9.82. The molecule has 0 N–H and O–H groups in total. The first-order valence-electron chi connectivity index (χ1n) is 7.28. The van der Waals surface area contributed by atoms with Crippen molar-refractivity contribution < 1.29 is 31.7 Å². The highest BCUT2D eigenvalue weighted by Gasteiger charge is 2.35. The molecule has 0 radical (unpaired) electrons. The Kier molecular flexibility index (Phi) is 6.83. The molecule has 1 rings (SSSR count). The molecule has 1 aromatic carbocycles. The summed E-state index contributed by atoms with van der Waals surface area (Å²) in [4.78, 5) is 10.9. The number of phosphoric acid groups is 1. The van der Waals surface area contributed by atoms with Crippen molar-refractivity contribution in [3.63, 3.8) is 0 Å². The zero-order chi connectivity index (χ0) is 17.7. The molecular formula is C15H21F3O4P-. The van der Waals surface area contributed by atoms with Crippen molar-refractivity contribution in [3.05, 3.63) is 35.4 Å². The summed E-state index contributed by atoms with van der Waals surface area (Å²) in [7, 11) is -5.34. The molecule has 23 heavy (non-hydrogen) atoms. The molecule has 0 fully saturated rings. The third kappa shape index (κ3) is 7.48.